The number of alkyl halides is 3. The molecule has 0 radical (unpaired) electrons. The highest BCUT2D eigenvalue weighted by Crippen LogP contribution is 2.36. The molecular formula is C15H20ClF3N2O. The van der Waals surface area contributed by atoms with Gasteiger partial charge in [0.25, 0.3) is 0 Å². The van der Waals surface area contributed by atoms with Crippen LogP contribution in [0.4, 0.5) is 18.9 Å². The van der Waals surface area contributed by atoms with Crippen molar-refractivity contribution in [1.29, 1.82) is 0 Å². The van der Waals surface area contributed by atoms with E-state index in [4.69, 9.17) is 11.6 Å². The molecule has 0 spiro atoms. The number of nitrogens with zero attached hydrogens (tertiary/aromatic N) is 1. The minimum atomic E-state index is -4.56. The third-order valence-corrected chi connectivity index (χ3v) is 3.41. The number of carbonyl (C=O) groups is 1. The van der Waals surface area contributed by atoms with Crippen molar-refractivity contribution in [3.63, 3.8) is 0 Å². The first kappa shape index (κ1) is 18.8. The van der Waals surface area contributed by atoms with Crippen molar-refractivity contribution in [2.24, 2.45) is 0 Å². The number of amides is 1. The average Bonchev–Trinajstić information content (AvgIpc) is 2.43. The van der Waals surface area contributed by atoms with E-state index in [0.717, 1.165) is 25.5 Å². The van der Waals surface area contributed by atoms with Gasteiger partial charge in [-0.1, -0.05) is 24.9 Å². The molecule has 1 amide bonds. The van der Waals surface area contributed by atoms with E-state index in [1.54, 1.807) is 0 Å². The van der Waals surface area contributed by atoms with Crippen LogP contribution in [0.2, 0.25) is 5.02 Å². The Hall–Kier alpha value is -1.27. The van der Waals surface area contributed by atoms with Crippen molar-refractivity contribution >= 4 is 23.2 Å². The van der Waals surface area contributed by atoms with Crippen LogP contribution >= 0.6 is 11.6 Å². The highest BCUT2D eigenvalue weighted by molar-refractivity contribution is 6.30. The van der Waals surface area contributed by atoms with Crippen molar-refractivity contribution < 1.29 is 18.0 Å². The van der Waals surface area contributed by atoms with Crippen LogP contribution in [0.3, 0.4) is 0 Å². The van der Waals surface area contributed by atoms with Gasteiger partial charge < -0.3 is 10.2 Å². The number of nitrogens with one attached hydrogen (secondary N) is 1. The van der Waals surface area contributed by atoms with E-state index in [-0.39, 0.29) is 17.1 Å². The van der Waals surface area contributed by atoms with E-state index in [0.29, 0.717) is 6.54 Å². The number of hydrogen-bond donors (Lipinski definition) is 1. The molecule has 0 fully saturated rings. The summed E-state index contributed by atoms with van der Waals surface area (Å²) in [5.41, 5.74) is -1.20. The largest absolute Gasteiger partial charge is 0.418 e. The summed E-state index contributed by atoms with van der Waals surface area (Å²) >= 11 is 5.59. The van der Waals surface area contributed by atoms with Crippen molar-refractivity contribution in [1.82, 2.24) is 4.90 Å². The smallest absolute Gasteiger partial charge is 0.325 e. The summed E-state index contributed by atoms with van der Waals surface area (Å²) in [5.74, 6) is -0.448. The molecule has 0 heterocycles. The molecular weight excluding hydrogens is 317 g/mol. The molecule has 0 aliphatic carbocycles. The molecule has 0 saturated heterocycles. The molecule has 1 rings (SSSR count). The molecule has 0 atom stereocenters. The molecule has 0 aliphatic rings. The summed E-state index contributed by atoms with van der Waals surface area (Å²) in [6, 6.07) is 3.30. The van der Waals surface area contributed by atoms with E-state index in [2.05, 4.69) is 12.2 Å². The van der Waals surface area contributed by atoms with Gasteiger partial charge in [-0.2, -0.15) is 13.2 Å². The molecule has 0 aliphatic heterocycles. The Morgan fingerprint density at radius 2 is 2.00 bits per heavy atom. The van der Waals surface area contributed by atoms with Crippen LogP contribution in [-0.4, -0.2) is 30.9 Å². The number of halogens is 4. The summed E-state index contributed by atoms with van der Waals surface area (Å²) in [6.45, 7) is 3.43. The second kappa shape index (κ2) is 8.39. The van der Waals surface area contributed by atoms with Crippen molar-refractivity contribution in [2.75, 3.05) is 25.5 Å². The minimum absolute atomic E-state index is 0.0235. The van der Waals surface area contributed by atoms with E-state index in [1.165, 1.54) is 12.1 Å². The van der Waals surface area contributed by atoms with Crippen molar-refractivity contribution in [3.8, 4) is 0 Å². The Balaban J connectivity index is 2.65. The molecule has 7 heteroatoms. The van der Waals surface area contributed by atoms with E-state index in [9.17, 15) is 18.0 Å². The Kier molecular flexibility index (Phi) is 7.16. The lowest BCUT2D eigenvalue weighted by molar-refractivity contribution is -0.137. The summed E-state index contributed by atoms with van der Waals surface area (Å²) < 4.78 is 38.7. The lowest BCUT2D eigenvalue weighted by Gasteiger charge is -2.17. The van der Waals surface area contributed by atoms with Gasteiger partial charge in [0, 0.05) is 18.0 Å². The number of anilines is 1. The highest BCUT2D eigenvalue weighted by Gasteiger charge is 2.34. The molecule has 0 bridgehead atoms. The molecule has 0 aromatic heterocycles. The fraction of sp³-hybridized carbons (Fsp3) is 0.533. The number of carbonyl (C=O) groups excluding carboxylic acids is 1. The monoisotopic (exact) mass is 336 g/mol. The zero-order valence-electron chi connectivity index (χ0n) is 12.6. The normalized spacial score (nSPS) is 11.8. The minimum Gasteiger partial charge on any atom is -0.325 e. The van der Waals surface area contributed by atoms with Crippen LogP contribution in [0.25, 0.3) is 0 Å². The lowest BCUT2D eigenvalue weighted by Crippen LogP contribution is -2.25. The van der Waals surface area contributed by atoms with Crippen LogP contribution in [-0.2, 0) is 11.0 Å². The zero-order valence-corrected chi connectivity index (χ0v) is 13.4. The fourth-order valence-corrected chi connectivity index (χ4v) is 2.08. The maximum absolute atomic E-state index is 12.9. The van der Waals surface area contributed by atoms with Gasteiger partial charge in [-0.15, -0.1) is 0 Å². The van der Waals surface area contributed by atoms with Crippen molar-refractivity contribution in [3.05, 3.63) is 28.8 Å². The van der Waals surface area contributed by atoms with Crippen LogP contribution in [0.15, 0.2) is 18.2 Å². The van der Waals surface area contributed by atoms with Crippen LogP contribution in [0.5, 0.6) is 0 Å². The second-order valence-electron chi connectivity index (χ2n) is 5.14. The molecule has 0 saturated carbocycles. The first-order valence-corrected chi connectivity index (χ1v) is 7.47. The first-order valence-electron chi connectivity index (χ1n) is 7.09. The van der Waals surface area contributed by atoms with E-state index in [1.807, 2.05) is 11.9 Å². The van der Waals surface area contributed by atoms with Crippen LogP contribution in [0, 0.1) is 0 Å². The van der Waals surface area contributed by atoms with Gasteiger partial charge in [0.05, 0.1) is 11.3 Å². The van der Waals surface area contributed by atoms with Gasteiger partial charge in [-0.05, 0) is 38.2 Å². The predicted octanol–water partition coefficient (Wildman–Crippen LogP) is 4.42. The molecule has 3 nitrogen and oxygen atoms in total. The number of unbranched alkanes of at least 4 members (excludes halogenated alkanes) is 1. The molecule has 22 heavy (non-hydrogen) atoms. The zero-order chi connectivity index (χ0) is 16.8. The van der Waals surface area contributed by atoms with Gasteiger partial charge in [-0.25, -0.2) is 0 Å². The molecule has 0 unspecified atom stereocenters. The van der Waals surface area contributed by atoms with Gasteiger partial charge in [0.15, 0.2) is 0 Å². The SMILES string of the molecule is CCCCN(C)CCC(=O)Nc1ccc(Cl)cc1C(F)(F)F. The van der Waals surface area contributed by atoms with E-state index < -0.39 is 17.6 Å². The molecule has 1 N–H and O–H groups in total. The summed E-state index contributed by atoms with van der Waals surface area (Å²) in [5, 5.41) is 2.29. The summed E-state index contributed by atoms with van der Waals surface area (Å²) in [4.78, 5) is 13.8. The average molecular weight is 337 g/mol. The topological polar surface area (TPSA) is 32.3 Å². The Morgan fingerprint density at radius 3 is 2.59 bits per heavy atom. The number of hydrogen-bond acceptors (Lipinski definition) is 2. The molecule has 1 aromatic carbocycles. The quantitative estimate of drug-likeness (QED) is 0.799. The third kappa shape index (κ3) is 6.23. The second-order valence-corrected chi connectivity index (χ2v) is 5.58. The summed E-state index contributed by atoms with van der Waals surface area (Å²) in [7, 11) is 1.88. The van der Waals surface area contributed by atoms with Gasteiger partial charge in [-0.3, -0.25) is 4.79 Å². The van der Waals surface area contributed by atoms with E-state index >= 15 is 0 Å². The summed E-state index contributed by atoms with van der Waals surface area (Å²) in [6.07, 6.45) is -2.35. The van der Waals surface area contributed by atoms with Crippen LogP contribution in [0.1, 0.15) is 31.7 Å². The van der Waals surface area contributed by atoms with Gasteiger partial charge >= 0.3 is 6.18 Å². The Morgan fingerprint density at radius 1 is 1.32 bits per heavy atom. The third-order valence-electron chi connectivity index (χ3n) is 3.18. The predicted molar refractivity (Wildman–Crippen MR) is 82.1 cm³/mol. The highest BCUT2D eigenvalue weighted by atomic mass is 35.5. The van der Waals surface area contributed by atoms with Gasteiger partial charge in [0.1, 0.15) is 0 Å². The van der Waals surface area contributed by atoms with Crippen molar-refractivity contribution in [2.45, 2.75) is 32.4 Å². The van der Waals surface area contributed by atoms with Gasteiger partial charge in [0.2, 0.25) is 5.91 Å². The number of rotatable bonds is 7. The van der Waals surface area contributed by atoms with Crippen LogP contribution < -0.4 is 5.32 Å². The maximum Gasteiger partial charge on any atom is 0.418 e. The lowest BCUT2D eigenvalue weighted by atomic mass is 10.1. The number of benzene rings is 1. The molecule has 1 aromatic rings. The standard InChI is InChI=1S/C15H20ClF3N2O/c1-3-4-8-21(2)9-7-14(22)20-13-6-5-11(16)10-12(13)15(17,18)19/h5-6,10H,3-4,7-9H2,1-2H3,(H,20,22). The Bertz CT molecular complexity index is 506. The molecule has 124 valence electrons. The first-order chi connectivity index (χ1) is 10.2. The maximum atomic E-state index is 12.9. The Labute approximate surface area is 133 Å². The fourth-order valence-electron chi connectivity index (χ4n) is 1.90.